The minimum Gasteiger partial charge on any atom is -0.450 e. The summed E-state index contributed by atoms with van der Waals surface area (Å²) in [6.07, 6.45) is -5.04. The Morgan fingerprint density at radius 2 is 2.08 bits per heavy atom. The number of carbonyl (C=O) groups is 3. The molecule has 0 aromatic heterocycles. The molecule has 2 aliphatic rings. The first kappa shape index (κ1) is 20.6. The van der Waals surface area contributed by atoms with Crippen LogP contribution in [0.25, 0.3) is 0 Å². The van der Waals surface area contributed by atoms with Gasteiger partial charge >= 0.3 is 12.3 Å². The van der Waals surface area contributed by atoms with Gasteiger partial charge < -0.3 is 15.4 Å². The fourth-order valence-electron chi connectivity index (χ4n) is 2.74. The van der Waals surface area contributed by atoms with Crippen molar-refractivity contribution >= 4 is 29.7 Å². The number of piperidine rings is 1. The number of alkyl halides is 3. The molecule has 0 radical (unpaired) electrons. The maximum absolute atomic E-state index is 12.8. The van der Waals surface area contributed by atoms with Crippen LogP contribution in [-0.2, 0) is 14.3 Å². The van der Waals surface area contributed by atoms with Crippen molar-refractivity contribution in [2.75, 3.05) is 18.9 Å². The molecule has 0 aromatic rings. The van der Waals surface area contributed by atoms with Gasteiger partial charge in [0.1, 0.15) is 6.04 Å². The van der Waals surface area contributed by atoms with E-state index in [2.05, 4.69) is 20.7 Å². The van der Waals surface area contributed by atoms with Crippen molar-refractivity contribution in [3.8, 4) is 0 Å². The van der Waals surface area contributed by atoms with E-state index in [1.165, 1.54) is 11.8 Å². The van der Waals surface area contributed by atoms with Crippen molar-refractivity contribution in [1.82, 2.24) is 16.0 Å². The molecule has 1 saturated heterocycles. The molecule has 0 aliphatic carbocycles. The topological polar surface area (TPSA) is 96.5 Å². The lowest BCUT2D eigenvalue weighted by molar-refractivity contribution is -0.165. The van der Waals surface area contributed by atoms with Crippen LogP contribution in [0, 0.1) is 5.92 Å². The van der Waals surface area contributed by atoms with Gasteiger partial charge in [-0.05, 0) is 32.7 Å². The van der Waals surface area contributed by atoms with E-state index >= 15 is 0 Å². The quantitative estimate of drug-likeness (QED) is 0.670. The first-order valence-corrected chi connectivity index (χ1v) is 9.16. The molecule has 2 aliphatic heterocycles. The van der Waals surface area contributed by atoms with Crippen LogP contribution in [0.15, 0.2) is 10.6 Å². The normalized spacial score (nSPS) is 23.5. The molecule has 2 unspecified atom stereocenters. The summed E-state index contributed by atoms with van der Waals surface area (Å²) in [5, 5.41) is 7.24. The highest BCUT2D eigenvalue weighted by Crippen LogP contribution is 2.32. The van der Waals surface area contributed by atoms with Crippen molar-refractivity contribution in [1.29, 1.82) is 0 Å². The Morgan fingerprint density at radius 3 is 2.73 bits per heavy atom. The standard InChI is InChI=1S/C15H20F3N3O4S/c1-2-25-14(24)21-12(23)9-4-6-26-13(9)20-11(22)8-3-5-19-10(7-8)15(16,17)18/h8,10,19H,2-7H2,1H3,(H,20,22)(H,21,23,24). The molecule has 3 N–H and O–H groups in total. The van der Waals surface area contributed by atoms with Gasteiger partial charge in [0.15, 0.2) is 0 Å². The van der Waals surface area contributed by atoms with E-state index in [9.17, 15) is 27.6 Å². The molecule has 2 rings (SSSR count). The van der Waals surface area contributed by atoms with Gasteiger partial charge in [0, 0.05) is 17.2 Å². The highest BCUT2D eigenvalue weighted by Gasteiger charge is 2.44. The summed E-state index contributed by atoms with van der Waals surface area (Å²) in [5.74, 6) is -1.50. The van der Waals surface area contributed by atoms with E-state index in [4.69, 9.17) is 0 Å². The highest BCUT2D eigenvalue weighted by atomic mass is 32.2. The van der Waals surface area contributed by atoms with Crippen LogP contribution in [-0.4, -0.2) is 49.0 Å². The zero-order chi connectivity index (χ0) is 19.3. The van der Waals surface area contributed by atoms with Crippen molar-refractivity contribution in [2.24, 2.45) is 5.92 Å². The Labute approximate surface area is 152 Å². The minimum atomic E-state index is -4.41. The molecule has 11 heteroatoms. The molecule has 0 bridgehead atoms. The highest BCUT2D eigenvalue weighted by molar-refractivity contribution is 8.03. The lowest BCUT2D eigenvalue weighted by Crippen LogP contribution is -2.50. The molecule has 2 atom stereocenters. The summed E-state index contributed by atoms with van der Waals surface area (Å²) in [6, 6.07) is -1.72. The maximum atomic E-state index is 12.8. The van der Waals surface area contributed by atoms with Gasteiger partial charge in [0.05, 0.1) is 11.6 Å². The van der Waals surface area contributed by atoms with Crippen molar-refractivity contribution in [3.63, 3.8) is 0 Å². The summed E-state index contributed by atoms with van der Waals surface area (Å²) in [4.78, 5) is 35.8. The van der Waals surface area contributed by atoms with Crippen LogP contribution in [0.2, 0.25) is 0 Å². The number of thioether (sulfide) groups is 1. The van der Waals surface area contributed by atoms with E-state index in [1.54, 1.807) is 6.92 Å². The summed E-state index contributed by atoms with van der Waals surface area (Å²) in [6.45, 7) is 1.78. The predicted octanol–water partition coefficient (Wildman–Crippen LogP) is 1.65. The maximum Gasteiger partial charge on any atom is 0.414 e. The van der Waals surface area contributed by atoms with Crippen LogP contribution in [0.3, 0.4) is 0 Å². The smallest absolute Gasteiger partial charge is 0.414 e. The van der Waals surface area contributed by atoms with Gasteiger partial charge in [0.25, 0.3) is 5.91 Å². The number of alkyl carbamates (subject to hydrolysis) is 1. The number of nitrogens with one attached hydrogen (secondary N) is 3. The number of hydrogen-bond donors (Lipinski definition) is 3. The number of amides is 3. The Bertz CT molecular complexity index is 609. The first-order chi connectivity index (χ1) is 12.2. The number of hydrogen-bond acceptors (Lipinski definition) is 6. The van der Waals surface area contributed by atoms with E-state index in [1.807, 2.05) is 0 Å². The zero-order valence-electron chi connectivity index (χ0n) is 14.1. The Kier molecular flexibility index (Phi) is 6.93. The van der Waals surface area contributed by atoms with Crippen molar-refractivity contribution in [3.05, 3.63) is 10.6 Å². The van der Waals surface area contributed by atoms with Gasteiger partial charge in [-0.25, -0.2) is 4.79 Å². The second-order valence-electron chi connectivity index (χ2n) is 5.84. The Balaban J connectivity index is 2.00. The number of carbonyl (C=O) groups excluding carboxylic acids is 3. The fraction of sp³-hybridized carbons (Fsp3) is 0.667. The predicted molar refractivity (Wildman–Crippen MR) is 88.0 cm³/mol. The van der Waals surface area contributed by atoms with Crippen LogP contribution < -0.4 is 16.0 Å². The number of rotatable bonds is 4. The fourth-order valence-corrected chi connectivity index (χ4v) is 3.79. The van der Waals surface area contributed by atoms with Crippen LogP contribution in [0.4, 0.5) is 18.0 Å². The molecule has 26 heavy (non-hydrogen) atoms. The molecule has 3 amide bonds. The summed E-state index contributed by atoms with van der Waals surface area (Å²) in [7, 11) is 0. The molecule has 0 saturated carbocycles. The molecule has 1 fully saturated rings. The second-order valence-corrected chi connectivity index (χ2v) is 6.94. The third-order valence-corrected chi connectivity index (χ3v) is 5.09. The zero-order valence-corrected chi connectivity index (χ0v) is 14.9. The van der Waals surface area contributed by atoms with Gasteiger partial charge in [-0.15, -0.1) is 11.8 Å². The summed E-state index contributed by atoms with van der Waals surface area (Å²) >= 11 is 1.21. The molecular formula is C15H20F3N3O4S. The largest absolute Gasteiger partial charge is 0.450 e. The van der Waals surface area contributed by atoms with Crippen LogP contribution in [0.1, 0.15) is 26.2 Å². The van der Waals surface area contributed by atoms with Crippen LogP contribution >= 0.6 is 11.8 Å². The second kappa shape index (κ2) is 8.76. The third-order valence-electron chi connectivity index (χ3n) is 4.04. The SMILES string of the molecule is CCOC(=O)NC(=O)C1=C(NC(=O)C2CCNC(C(F)(F)F)C2)SCC1. The molecule has 0 spiro atoms. The molecular weight excluding hydrogens is 375 g/mol. The monoisotopic (exact) mass is 395 g/mol. The van der Waals surface area contributed by atoms with Gasteiger partial charge in [-0.2, -0.15) is 13.2 Å². The lowest BCUT2D eigenvalue weighted by atomic mass is 9.91. The van der Waals surface area contributed by atoms with Crippen LogP contribution in [0.5, 0.6) is 0 Å². The van der Waals surface area contributed by atoms with E-state index in [-0.39, 0.29) is 36.6 Å². The Hall–Kier alpha value is -1.75. The molecule has 0 aromatic carbocycles. The van der Waals surface area contributed by atoms with Gasteiger partial charge in [-0.3, -0.25) is 14.9 Å². The Morgan fingerprint density at radius 1 is 1.35 bits per heavy atom. The molecule has 7 nitrogen and oxygen atoms in total. The van der Waals surface area contributed by atoms with Gasteiger partial charge in [0.2, 0.25) is 5.91 Å². The van der Waals surface area contributed by atoms with Crippen molar-refractivity contribution in [2.45, 2.75) is 38.4 Å². The van der Waals surface area contributed by atoms with E-state index in [0.29, 0.717) is 12.2 Å². The average molecular weight is 395 g/mol. The summed E-state index contributed by atoms with van der Waals surface area (Å²) < 4.78 is 43.1. The lowest BCUT2D eigenvalue weighted by Gasteiger charge is -2.31. The minimum absolute atomic E-state index is 0.0880. The molecule has 2 heterocycles. The molecule has 146 valence electrons. The third kappa shape index (κ3) is 5.37. The first-order valence-electron chi connectivity index (χ1n) is 8.17. The number of ether oxygens (including phenoxy) is 1. The van der Waals surface area contributed by atoms with Gasteiger partial charge in [-0.1, -0.05) is 0 Å². The van der Waals surface area contributed by atoms with Crippen molar-refractivity contribution < 1.29 is 32.3 Å². The van der Waals surface area contributed by atoms with E-state index < -0.39 is 36.0 Å². The number of halogens is 3. The number of imide groups is 1. The average Bonchev–Trinajstić information content (AvgIpc) is 3.02. The van der Waals surface area contributed by atoms with E-state index in [0.717, 1.165) is 0 Å². The summed E-state index contributed by atoms with van der Waals surface area (Å²) in [5.41, 5.74) is 0.220.